The highest BCUT2D eigenvalue weighted by Crippen LogP contribution is 2.16. The Morgan fingerprint density at radius 3 is 3.21 bits per heavy atom. The third-order valence-electron chi connectivity index (χ3n) is 3.58. The van der Waals surface area contributed by atoms with Gasteiger partial charge in [-0.2, -0.15) is 0 Å². The predicted molar refractivity (Wildman–Crippen MR) is 71.3 cm³/mol. The Labute approximate surface area is 112 Å². The van der Waals surface area contributed by atoms with E-state index < -0.39 is 0 Å². The molecule has 1 N–H and O–H groups in total. The van der Waals surface area contributed by atoms with Crippen molar-refractivity contribution < 1.29 is 4.74 Å². The molecule has 19 heavy (non-hydrogen) atoms. The van der Waals surface area contributed by atoms with Crippen LogP contribution in [0, 0.1) is 6.92 Å². The molecule has 0 amide bonds. The maximum Gasteiger partial charge on any atom is 0.260 e. The van der Waals surface area contributed by atoms with Gasteiger partial charge in [0.25, 0.3) is 5.88 Å². The van der Waals surface area contributed by atoms with Crippen molar-refractivity contribution in [3.63, 3.8) is 0 Å². The van der Waals surface area contributed by atoms with Crippen molar-refractivity contribution in [2.45, 2.75) is 38.6 Å². The topological polar surface area (TPSA) is 64.3 Å². The Hall–Kier alpha value is -1.69. The molecule has 3 rings (SSSR count). The van der Waals surface area contributed by atoms with Gasteiger partial charge in [-0.1, -0.05) is 6.42 Å². The van der Waals surface area contributed by atoms with Gasteiger partial charge in [-0.05, 0) is 32.7 Å². The number of nitrogens with one attached hydrogen (secondary N) is 1. The minimum atomic E-state index is 0.568. The first-order valence-corrected chi connectivity index (χ1v) is 6.87. The Kier molecular flexibility index (Phi) is 3.59. The number of ether oxygens (including phenoxy) is 1. The summed E-state index contributed by atoms with van der Waals surface area (Å²) < 4.78 is 7.65. The van der Waals surface area contributed by atoms with Gasteiger partial charge in [0.05, 0.1) is 6.61 Å². The first kappa shape index (κ1) is 12.3. The highest BCUT2D eigenvalue weighted by molar-refractivity contribution is 5.48. The monoisotopic (exact) mass is 261 g/mol. The van der Waals surface area contributed by atoms with Gasteiger partial charge in [-0.15, -0.1) is 10.2 Å². The van der Waals surface area contributed by atoms with Crippen LogP contribution in [0.5, 0.6) is 5.88 Å². The summed E-state index contributed by atoms with van der Waals surface area (Å²) in [5.74, 6) is 1.41. The van der Waals surface area contributed by atoms with Crippen molar-refractivity contribution in [1.82, 2.24) is 24.9 Å². The summed E-state index contributed by atoms with van der Waals surface area (Å²) in [6.07, 6.45) is 8.42. The number of aromatic nitrogens is 4. The molecule has 2 aromatic rings. The molecule has 102 valence electrons. The molecule has 1 atom stereocenters. The fraction of sp³-hybridized carbons (Fsp3) is 0.615. The van der Waals surface area contributed by atoms with E-state index in [9.17, 15) is 0 Å². The van der Waals surface area contributed by atoms with Gasteiger partial charge in [0.15, 0.2) is 0 Å². The van der Waals surface area contributed by atoms with Gasteiger partial charge < -0.3 is 10.1 Å². The zero-order valence-electron chi connectivity index (χ0n) is 11.2. The molecule has 3 heterocycles. The van der Waals surface area contributed by atoms with E-state index in [0.29, 0.717) is 24.2 Å². The molecule has 0 spiro atoms. The molecule has 1 fully saturated rings. The second-order valence-electron chi connectivity index (χ2n) is 4.96. The molecule has 0 aliphatic carbocycles. The fourth-order valence-corrected chi connectivity index (χ4v) is 2.49. The lowest BCUT2D eigenvalue weighted by atomic mass is 10.0. The lowest BCUT2D eigenvalue weighted by Gasteiger charge is -2.23. The molecule has 1 unspecified atom stereocenters. The SMILES string of the molecule is Cc1nnc2c(OCCC3CCCCN3)nccn12. The Morgan fingerprint density at radius 1 is 1.42 bits per heavy atom. The lowest BCUT2D eigenvalue weighted by molar-refractivity contribution is 0.262. The summed E-state index contributed by atoms with van der Waals surface area (Å²) in [5, 5.41) is 11.6. The van der Waals surface area contributed by atoms with Gasteiger partial charge in [0.2, 0.25) is 5.65 Å². The molecule has 0 aromatic carbocycles. The minimum Gasteiger partial charge on any atom is -0.475 e. The van der Waals surface area contributed by atoms with Gasteiger partial charge in [0, 0.05) is 18.4 Å². The molecular formula is C13H19N5O. The van der Waals surface area contributed by atoms with Crippen LogP contribution in [-0.4, -0.2) is 38.8 Å². The second kappa shape index (κ2) is 5.52. The highest BCUT2D eigenvalue weighted by Gasteiger charge is 2.13. The van der Waals surface area contributed by atoms with E-state index in [2.05, 4.69) is 20.5 Å². The summed E-state index contributed by atoms with van der Waals surface area (Å²) in [6.45, 7) is 3.70. The number of hydrogen-bond acceptors (Lipinski definition) is 5. The summed E-state index contributed by atoms with van der Waals surface area (Å²) in [7, 11) is 0. The van der Waals surface area contributed by atoms with Crippen molar-refractivity contribution >= 4 is 5.65 Å². The summed E-state index contributed by atoms with van der Waals surface area (Å²) in [4.78, 5) is 4.24. The lowest BCUT2D eigenvalue weighted by Crippen LogP contribution is -2.35. The molecule has 0 bridgehead atoms. The van der Waals surface area contributed by atoms with Gasteiger partial charge >= 0.3 is 0 Å². The second-order valence-corrected chi connectivity index (χ2v) is 4.96. The average Bonchev–Trinajstić information content (AvgIpc) is 2.83. The minimum absolute atomic E-state index is 0.568. The number of rotatable bonds is 4. The maximum absolute atomic E-state index is 5.76. The van der Waals surface area contributed by atoms with Crippen molar-refractivity contribution in [3.05, 3.63) is 18.2 Å². The van der Waals surface area contributed by atoms with E-state index in [4.69, 9.17) is 4.74 Å². The molecule has 0 saturated carbocycles. The van der Waals surface area contributed by atoms with Crippen LogP contribution in [0.25, 0.3) is 5.65 Å². The number of aryl methyl sites for hydroxylation is 1. The third kappa shape index (κ3) is 2.68. The average molecular weight is 261 g/mol. The van der Waals surface area contributed by atoms with Crippen LogP contribution in [-0.2, 0) is 0 Å². The van der Waals surface area contributed by atoms with Crippen molar-refractivity contribution in [1.29, 1.82) is 0 Å². The van der Waals surface area contributed by atoms with Gasteiger partial charge in [0.1, 0.15) is 5.82 Å². The largest absolute Gasteiger partial charge is 0.475 e. The van der Waals surface area contributed by atoms with E-state index >= 15 is 0 Å². The highest BCUT2D eigenvalue weighted by atomic mass is 16.5. The zero-order chi connectivity index (χ0) is 13.1. The van der Waals surface area contributed by atoms with E-state index in [1.807, 2.05) is 17.5 Å². The first-order valence-electron chi connectivity index (χ1n) is 6.87. The van der Waals surface area contributed by atoms with E-state index in [1.165, 1.54) is 19.3 Å². The number of fused-ring (bicyclic) bond motifs is 1. The predicted octanol–water partition coefficient (Wildman–Crippen LogP) is 1.34. The molecule has 1 saturated heterocycles. The molecular weight excluding hydrogens is 242 g/mol. The summed E-state index contributed by atoms with van der Waals surface area (Å²) in [5.41, 5.74) is 0.691. The third-order valence-corrected chi connectivity index (χ3v) is 3.58. The van der Waals surface area contributed by atoms with Crippen LogP contribution < -0.4 is 10.1 Å². The molecule has 1 aliphatic heterocycles. The van der Waals surface area contributed by atoms with Crippen molar-refractivity contribution in [2.75, 3.05) is 13.2 Å². The zero-order valence-corrected chi connectivity index (χ0v) is 11.2. The Balaban J connectivity index is 1.62. The number of hydrogen-bond donors (Lipinski definition) is 1. The number of nitrogens with zero attached hydrogens (tertiary/aromatic N) is 4. The summed E-state index contributed by atoms with van der Waals surface area (Å²) in [6, 6.07) is 0.577. The number of piperidine rings is 1. The fourth-order valence-electron chi connectivity index (χ4n) is 2.49. The van der Waals surface area contributed by atoms with Crippen molar-refractivity contribution in [2.24, 2.45) is 0 Å². The first-order chi connectivity index (χ1) is 9.34. The van der Waals surface area contributed by atoms with Crippen LogP contribution >= 0.6 is 0 Å². The van der Waals surface area contributed by atoms with Crippen LogP contribution in [0.15, 0.2) is 12.4 Å². The van der Waals surface area contributed by atoms with Gasteiger partial charge in [-0.3, -0.25) is 4.40 Å². The quantitative estimate of drug-likeness (QED) is 0.900. The van der Waals surface area contributed by atoms with Crippen LogP contribution in [0.4, 0.5) is 0 Å². The van der Waals surface area contributed by atoms with E-state index in [1.54, 1.807) is 6.20 Å². The maximum atomic E-state index is 5.76. The van der Waals surface area contributed by atoms with E-state index in [-0.39, 0.29) is 0 Å². The molecule has 6 nitrogen and oxygen atoms in total. The molecule has 0 radical (unpaired) electrons. The van der Waals surface area contributed by atoms with Crippen molar-refractivity contribution in [3.8, 4) is 5.88 Å². The van der Waals surface area contributed by atoms with Crippen LogP contribution in [0.1, 0.15) is 31.5 Å². The summed E-state index contributed by atoms with van der Waals surface area (Å²) >= 11 is 0. The standard InChI is InChI=1S/C13H19N5O/c1-10-16-17-12-13(15-7-8-18(10)12)19-9-5-11-4-2-3-6-14-11/h7-8,11,14H,2-6,9H2,1H3. The molecule has 2 aromatic heterocycles. The molecule has 1 aliphatic rings. The smallest absolute Gasteiger partial charge is 0.260 e. The normalized spacial score (nSPS) is 19.7. The molecule has 6 heteroatoms. The van der Waals surface area contributed by atoms with E-state index in [0.717, 1.165) is 18.8 Å². The van der Waals surface area contributed by atoms with Crippen LogP contribution in [0.3, 0.4) is 0 Å². The Bertz CT molecular complexity index is 547. The van der Waals surface area contributed by atoms with Gasteiger partial charge in [-0.25, -0.2) is 4.98 Å². The van der Waals surface area contributed by atoms with Crippen LogP contribution in [0.2, 0.25) is 0 Å². The Morgan fingerprint density at radius 2 is 2.37 bits per heavy atom.